The Morgan fingerprint density at radius 3 is 2.87 bits per heavy atom. The number of halogens is 2. The van der Waals surface area contributed by atoms with Crippen molar-refractivity contribution in [3.05, 3.63) is 45.9 Å². The molecule has 1 unspecified atom stereocenters. The first kappa shape index (κ1) is 12.3. The summed E-state index contributed by atoms with van der Waals surface area (Å²) in [7, 11) is 0. The molecule has 1 N–H and O–H groups in total. The SMILES string of the molecule is C=CC(C)NC(=O)c1ccc(Br)c(Cl)c1. The van der Waals surface area contributed by atoms with Gasteiger partial charge in [-0.3, -0.25) is 4.79 Å². The average molecular weight is 289 g/mol. The van der Waals surface area contributed by atoms with Crippen molar-refractivity contribution in [2.45, 2.75) is 13.0 Å². The summed E-state index contributed by atoms with van der Waals surface area (Å²) < 4.78 is 0.775. The third kappa shape index (κ3) is 3.36. The number of hydrogen-bond acceptors (Lipinski definition) is 1. The summed E-state index contributed by atoms with van der Waals surface area (Å²) in [6.07, 6.45) is 1.67. The summed E-state index contributed by atoms with van der Waals surface area (Å²) in [6, 6.07) is 5.02. The molecule has 2 nitrogen and oxygen atoms in total. The highest BCUT2D eigenvalue weighted by molar-refractivity contribution is 9.10. The topological polar surface area (TPSA) is 29.1 Å². The van der Waals surface area contributed by atoms with E-state index in [4.69, 9.17) is 11.6 Å². The lowest BCUT2D eigenvalue weighted by molar-refractivity contribution is 0.0947. The third-order valence-electron chi connectivity index (χ3n) is 1.89. The lowest BCUT2D eigenvalue weighted by Crippen LogP contribution is -2.30. The molecule has 1 rings (SSSR count). The van der Waals surface area contributed by atoms with E-state index in [1.54, 1.807) is 24.3 Å². The van der Waals surface area contributed by atoms with Crippen molar-refractivity contribution in [1.82, 2.24) is 5.32 Å². The maximum Gasteiger partial charge on any atom is 0.251 e. The zero-order valence-electron chi connectivity index (χ0n) is 8.26. The standard InChI is InChI=1S/C11H11BrClNO/c1-3-7(2)14-11(15)8-4-5-9(12)10(13)6-8/h3-7H,1H2,2H3,(H,14,15). The number of carbonyl (C=O) groups is 1. The van der Waals surface area contributed by atoms with Crippen LogP contribution in [0.1, 0.15) is 17.3 Å². The number of nitrogens with one attached hydrogen (secondary N) is 1. The molecule has 0 aliphatic heterocycles. The van der Waals surface area contributed by atoms with Crippen LogP contribution in [0, 0.1) is 0 Å². The Bertz CT molecular complexity index is 392. The molecule has 4 heteroatoms. The number of rotatable bonds is 3. The highest BCUT2D eigenvalue weighted by atomic mass is 79.9. The van der Waals surface area contributed by atoms with Crippen molar-refractivity contribution in [2.75, 3.05) is 0 Å². The second-order valence-electron chi connectivity index (χ2n) is 3.13. The summed E-state index contributed by atoms with van der Waals surface area (Å²) in [5.74, 6) is -0.156. The van der Waals surface area contributed by atoms with Crippen molar-refractivity contribution in [2.24, 2.45) is 0 Å². The van der Waals surface area contributed by atoms with Crippen LogP contribution in [0.15, 0.2) is 35.3 Å². The Kier molecular flexibility index (Phi) is 4.36. The van der Waals surface area contributed by atoms with Gasteiger partial charge in [-0.1, -0.05) is 17.7 Å². The van der Waals surface area contributed by atoms with E-state index < -0.39 is 0 Å². The fourth-order valence-corrected chi connectivity index (χ4v) is 1.41. The van der Waals surface area contributed by atoms with E-state index in [-0.39, 0.29) is 11.9 Å². The fraction of sp³-hybridized carbons (Fsp3) is 0.182. The quantitative estimate of drug-likeness (QED) is 0.849. The van der Waals surface area contributed by atoms with Gasteiger partial charge < -0.3 is 5.32 Å². The number of carbonyl (C=O) groups excluding carboxylic acids is 1. The predicted molar refractivity (Wildman–Crippen MR) is 66.3 cm³/mol. The first-order chi connectivity index (χ1) is 7.04. The molecule has 0 radical (unpaired) electrons. The lowest BCUT2D eigenvalue weighted by atomic mass is 10.2. The first-order valence-corrected chi connectivity index (χ1v) is 5.60. The third-order valence-corrected chi connectivity index (χ3v) is 3.13. The molecular formula is C11H11BrClNO. The van der Waals surface area contributed by atoms with Gasteiger partial charge in [-0.25, -0.2) is 0 Å². The Morgan fingerprint density at radius 2 is 2.33 bits per heavy atom. The van der Waals surface area contributed by atoms with Gasteiger partial charge in [0.05, 0.1) is 5.02 Å². The van der Waals surface area contributed by atoms with Gasteiger partial charge in [0.15, 0.2) is 0 Å². The van der Waals surface area contributed by atoms with Crippen molar-refractivity contribution < 1.29 is 4.79 Å². The molecule has 0 spiro atoms. The minimum absolute atomic E-state index is 0.0556. The summed E-state index contributed by atoms with van der Waals surface area (Å²) in [5.41, 5.74) is 0.539. The van der Waals surface area contributed by atoms with Crippen molar-refractivity contribution in [3.8, 4) is 0 Å². The van der Waals surface area contributed by atoms with Gasteiger partial charge >= 0.3 is 0 Å². The van der Waals surface area contributed by atoms with Crippen LogP contribution in [0.3, 0.4) is 0 Å². The second kappa shape index (κ2) is 5.33. The molecule has 1 aromatic carbocycles. The molecule has 0 aliphatic carbocycles. The average Bonchev–Trinajstić information content (AvgIpc) is 2.21. The molecule has 1 aromatic rings. The Labute approximate surface area is 102 Å². The Hall–Kier alpha value is -0.800. The van der Waals surface area contributed by atoms with E-state index in [1.165, 1.54) is 0 Å². The van der Waals surface area contributed by atoms with Gasteiger partial charge in [-0.05, 0) is 41.1 Å². The minimum atomic E-state index is -0.156. The van der Waals surface area contributed by atoms with E-state index in [0.717, 1.165) is 4.47 Å². The smallest absolute Gasteiger partial charge is 0.251 e. The molecule has 0 heterocycles. The molecule has 80 valence electrons. The van der Waals surface area contributed by atoms with Crippen molar-refractivity contribution in [3.63, 3.8) is 0 Å². The highest BCUT2D eigenvalue weighted by Gasteiger charge is 2.08. The van der Waals surface area contributed by atoms with E-state index in [9.17, 15) is 4.79 Å². The largest absolute Gasteiger partial charge is 0.346 e. The molecule has 15 heavy (non-hydrogen) atoms. The molecule has 0 saturated carbocycles. The number of benzene rings is 1. The van der Waals surface area contributed by atoms with E-state index in [2.05, 4.69) is 27.8 Å². The molecule has 0 bridgehead atoms. The number of amides is 1. The van der Waals surface area contributed by atoms with Crippen LogP contribution in [-0.4, -0.2) is 11.9 Å². The van der Waals surface area contributed by atoms with Crippen LogP contribution in [-0.2, 0) is 0 Å². The predicted octanol–water partition coefficient (Wildman–Crippen LogP) is 3.41. The molecule has 1 amide bonds. The lowest BCUT2D eigenvalue weighted by Gasteiger charge is -2.09. The summed E-state index contributed by atoms with van der Waals surface area (Å²) in [4.78, 5) is 11.6. The molecule has 0 fully saturated rings. The van der Waals surface area contributed by atoms with Crippen LogP contribution in [0.2, 0.25) is 5.02 Å². The van der Waals surface area contributed by atoms with Gasteiger partial charge in [-0.2, -0.15) is 0 Å². The van der Waals surface area contributed by atoms with E-state index >= 15 is 0 Å². The van der Waals surface area contributed by atoms with Gasteiger partial charge in [-0.15, -0.1) is 6.58 Å². The summed E-state index contributed by atoms with van der Waals surface area (Å²) in [5, 5.41) is 3.28. The molecule has 0 saturated heterocycles. The molecule has 0 aromatic heterocycles. The molecule has 0 aliphatic rings. The monoisotopic (exact) mass is 287 g/mol. The second-order valence-corrected chi connectivity index (χ2v) is 4.39. The van der Waals surface area contributed by atoms with Crippen molar-refractivity contribution >= 4 is 33.4 Å². The molecular weight excluding hydrogens is 277 g/mol. The van der Waals surface area contributed by atoms with E-state index in [1.807, 2.05) is 6.92 Å². The van der Waals surface area contributed by atoms with E-state index in [0.29, 0.717) is 10.6 Å². The normalized spacial score (nSPS) is 11.9. The highest BCUT2D eigenvalue weighted by Crippen LogP contribution is 2.23. The van der Waals surface area contributed by atoms with Crippen LogP contribution < -0.4 is 5.32 Å². The van der Waals surface area contributed by atoms with Crippen LogP contribution in [0.5, 0.6) is 0 Å². The van der Waals surface area contributed by atoms with Crippen LogP contribution in [0.25, 0.3) is 0 Å². The fourth-order valence-electron chi connectivity index (χ4n) is 0.986. The number of hydrogen-bond donors (Lipinski definition) is 1. The van der Waals surface area contributed by atoms with Crippen molar-refractivity contribution in [1.29, 1.82) is 0 Å². The molecule has 1 atom stereocenters. The maximum absolute atomic E-state index is 11.6. The maximum atomic E-state index is 11.6. The first-order valence-electron chi connectivity index (χ1n) is 4.43. The van der Waals surface area contributed by atoms with Gasteiger partial charge in [0, 0.05) is 16.1 Å². The van der Waals surface area contributed by atoms with Gasteiger partial charge in [0.1, 0.15) is 0 Å². The zero-order valence-corrected chi connectivity index (χ0v) is 10.6. The van der Waals surface area contributed by atoms with Crippen LogP contribution in [0.4, 0.5) is 0 Å². The summed E-state index contributed by atoms with van der Waals surface area (Å²) >= 11 is 9.14. The Balaban J connectivity index is 2.83. The summed E-state index contributed by atoms with van der Waals surface area (Å²) in [6.45, 7) is 5.44. The van der Waals surface area contributed by atoms with Gasteiger partial charge in [0.2, 0.25) is 0 Å². The van der Waals surface area contributed by atoms with Crippen LogP contribution >= 0.6 is 27.5 Å². The zero-order chi connectivity index (χ0) is 11.4. The minimum Gasteiger partial charge on any atom is -0.346 e. The van der Waals surface area contributed by atoms with Gasteiger partial charge in [0.25, 0.3) is 5.91 Å². The Morgan fingerprint density at radius 1 is 1.67 bits per heavy atom.